The van der Waals surface area contributed by atoms with Crippen LogP contribution in [0.2, 0.25) is 0 Å². The highest BCUT2D eigenvalue weighted by Gasteiger charge is 2.08. The number of oxazole rings is 1. The predicted octanol–water partition coefficient (Wildman–Crippen LogP) is 1.57. The van der Waals surface area contributed by atoms with Gasteiger partial charge in [0.2, 0.25) is 5.89 Å². The molecular formula is C14H17N3O3. The maximum atomic E-state index is 11.6. The van der Waals surface area contributed by atoms with Gasteiger partial charge in [-0.3, -0.25) is 4.79 Å². The lowest BCUT2D eigenvalue weighted by Gasteiger charge is -2.06. The lowest BCUT2D eigenvalue weighted by atomic mass is 10.3. The van der Waals surface area contributed by atoms with Gasteiger partial charge in [0, 0.05) is 5.69 Å². The number of rotatable bonds is 5. The fourth-order valence-electron chi connectivity index (χ4n) is 1.55. The molecule has 2 rings (SSSR count). The molecule has 2 aromatic rings. The number of anilines is 1. The van der Waals surface area contributed by atoms with E-state index in [1.54, 1.807) is 24.3 Å². The summed E-state index contributed by atoms with van der Waals surface area (Å²) < 4.78 is 10.7. The second kappa shape index (κ2) is 6.10. The number of hydrogen-bond donors (Lipinski definition) is 2. The number of amides is 1. The predicted molar refractivity (Wildman–Crippen MR) is 74.2 cm³/mol. The largest absolute Gasteiger partial charge is 0.484 e. The number of hydrogen-bond acceptors (Lipinski definition) is 5. The molecule has 1 aromatic carbocycles. The van der Waals surface area contributed by atoms with Gasteiger partial charge >= 0.3 is 0 Å². The number of aromatic nitrogens is 1. The zero-order chi connectivity index (χ0) is 14.5. The van der Waals surface area contributed by atoms with Gasteiger partial charge in [-0.25, -0.2) is 4.98 Å². The minimum absolute atomic E-state index is 0.0669. The third kappa shape index (κ3) is 3.74. The number of nitrogen functional groups attached to an aromatic ring is 1. The third-order valence-electron chi connectivity index (χ3n) is 2.76. The molecule has 1 aromatic heterocycles. The number of benzene rings is 1. The van der Waals surface area contributed by atoms with Gasteiger partial charge in [0.05, 0.1) is 12.2 Å². The Kier molecular flexibility index (Phi) is 4.24. The van der Waals surface area contributed by atoms with Gasteiger partial charge in [-0.15, -0.1) is 0 Å². The molecule has 0 saturated carbocycles. The Morgan fingerprint density at radius 2 is 2.05 bits per heavy atom. The maximum absolute atomic E-state index is 11.6. The summed E-state index contributed by atoms with van der Waals surface area (Å²) in [4.78, 5) is 15.8. The SMILES string of the molecule is Cc1nc(CNC(=O)COc2ccc(N)cc2)oc1C. The summed E-state index contributed by atoms with van der Waals surface area (Å²) in [6.07, 6.45) is 0. The van der Waals surface area contributed by atoms with Gasteiger partial charge < -0.3 is 20.2 Å². The summed E-state index contributed by atoms with van der Waals surface area (Å²) >= 11 is 0. The molecule has 1 heterocycles. The van der Waals surface area contributed by atoms with Crippen molar-refractivity contribution in [3.05, 3.63) is 41.6 Å². The summed E-state index contributed by atoms with van der Waals surface area (Å²) in [6.45, 7) is 3.87. The van der Waals surface area contributed by atoms with Gasteiger partial charge in [0.25, 0.3) is 5.91 Å². The molecule has 0 spiro atoms. The Balaban J connectivity index is 1.76. The van der Waals surface area contributed by atoms with Crippen LogP contribution in [0.5, 0.6) is 5.75 Å². The van der Waals surface area contributed by atoms with Crippen LogP contribution < -0.4 is 15.8 Å². The first-order chi connectivity index (χ1) is 9.54. The van der Waals surface area contributed by atoms with Gasteiger partial charge in [0.15, 0.2) is 6.61 Å². The number of carbonyl (C=O) groups excluding carboxylic acids is 1. The van der Waals surface area contributed by atoms with Crippen LogP contribution in [-0.2, 0) is 11.3 Å². The molecule has 0 unspecified atom stereocenters. The van der Waals surface area contributed by atoms with Crippen LogP contribution in [-0.4, -0.2) is 17.5 Å². The normalized spacial score (nSPS) is 10.3. The average Bonchev–Trinajstić information content (AvgIpc) is 2.75. The molecule has 6 nitrogen and oxygen atoms in total. The van der Waals surface area contributed by atoms with Gasteiger partial charge in [0.1, 0.15) is 11.5 Å². The van der Waals surface area contributed by atoms with E-state index in [0.29, 0.717) is 17.3 Å². The minimum atomic E-state index is -0.240. The standard InChI is InChI=1S/C14H17N3O3/c1-9-10(2)20-14(17-9)7-16-13(18)8-19-12-5-3-11(15)4-6-12/h3-6H,7-8,15H2,1-2H3,(H,16,18). The second-order valence-corrected chi connectivity index (χ2v) is 4.38. The Hall–Kier alpha value is -2.50. The van der Waals surface area contributed by atoms with Crippen LogP contribution in [0.3, 0.4) is 0 Å². The van der Waals surface area contributed by atoms with E-state index in [1.165, 1.54) is 0 Å². The Labute approximate surface area is 116 Å². The smallest absolute Gasteiger partial charge is 0.258 e. The Bertz CT molecular complexity index is 571. The van der Waals surface area contributed by atoms with Gasteiger partial charge in [-0.2, -0.15) is 0 Å². The number of carbonyl (C=O) groups is 1. The van der Waals surface area contributed by atoms with Crippen molar-refractivity contribution >= 4 is 11.6 Å². The lowest BCUT2D eigenvalue weighted by molar-refractivity contribution is -0.123. The molecule has 0 atom stereocenters. The van der Waals surface area contributed by atoms with Crippen molar-refractivity contribution in [2.45, 2.75) is 20.4 Å². The van der Waals surface area contributed by atoms with Crippen LogP contribution in [0, 0.1) is 13.8 Å². The summed E-state index contributed by atoms with van der Waals surface area (Å²) in [5.41, 5.74) is 7.03. The first-order valence-corrected chi connectivity index (χ1v) is 6.22. The van der Waals surface area contributed by atoms with Crippen molar-refractivity contribution in [1.29, 1.82) is 0 Å². The second-order valence-electron chi connectivity index (χ2n) is 4.38. The fraction of sp³-hybridized carbons (Fsp3) is 0.286. The first kappa shape index (κ1) is 13.9. The molecular weight excluding hydrogens is 258 g/mol. The number of ether oxygens (including phenoxy) is 1. The van der Waals surface area contributed by atoms with Crippen molar-refractivity contribution in [3.63, 3.8) is 0 Å². The first-order valence-electron chi connectivity index (χ1n) is 6.22. The number of aryl methyl sites for hydroxylation is 2. The number of nitrogens with zero attached hydrogens (tertiary/aromatic N) is 1. The lowest BCUT2D eigenvalue weighted by Crippen LogP contribution is -2.28. The van der Waals surface area contributed by atoms with Crippen LogP contribution in [0.15, 0.2) is 28.7 Å². The van der Waals surface area contributed by atoms with Crippen molar-refractivity contribution in [2.24, 2.45) is 0 Å². The molecule has 3 N–H and O–H groups in total. The number of nitrogens with one attached hydrogen (secondary N) is 1. The molecule has 0 aliphatic rings. The highest BCUT2D eigenvalue weighted by Crippen LogP contribution is 2.12. The van der Waals surface area contributed by atoms with Crippen LogP contribution in [0.25, 0.3) is 0 Å². The van der Waals surface area contributed by atoms with E-state index in [0.717, 1.165) is 11.5 Å². The van der Waals surface area contributed by atoms with E-state index in [9.17, 15) is 4.79 Å². The van der Waals surface area contributed by atoms with Gasteiger partial charge in [-0.1, -0.05) is 0 Å². The molecule has 0 aliphatic carbocycles. The molecule has 0 fully saturated rings. The highest BCUT2D eigenvalue weighted by molar-refractivity contribution is 5.77. The van der Waals surface area contributed by atoms with Crippen LogP contribution >= 0.6 is 0 Å². The van der Waals surface area contributed by atoms with E-state index >= 15 is 0 Å². The average molecular weight is 275 g/mol. The van der Waals surface area contributed by atoms with E-state index < -0.39 is 0 Å². The summed E-state index contributed by atoms with van der Waals surface area (Å²) in [5, 5.41) is 2.68. The summed E-state index contributed by atoms with van der Waals surface area (Å²) in [6, 6.07) is 6.85. The van der Waals surface area contributed by atoms with Crippen LogP contribution in [0.4, 0.5) is 5.69 Å². The Morgan fingerprint density at radius 1 is 1.35 bits per heavy atom. The quantitative estimate of drug-likeness (QED) is 0.808. The molecule has 0 bridgehead atoms. The van der Waals surface area contributed by atoms with Crippen molar-refractivity contribution in [1.82, 2.24) is 10.3 Å². The topological polar surface area (TPSA) is 90.4 Å². The van der Waals surface area contributed by atoms with E-state index in [4.69, 9.17) is 14.9 Å². The molecule has 1 amide bonds. The molecule has 20 heavy (non-hydrogen) atoms. The Morgan fingerprint density at radius 3 is 2.65 bits per heavy atom. The monoisotopic (exact) mass is 275 g/mol. The van der Waals surface area contributed by atoms with Gasteiger partial charge in [-0.05, 0) is 38.1 Å². The van der Waals surface area contributed by atoms with E-state index in [1.807, 2.05) is 13.8 Å². The molecule has 6 heteroatoms. The van der Waals surface area contributed by atoms with E-state index in [-0.39, 0.29) is 19.1 Å². The highest BCUT2D eigenvalue weighted by atomic mass is 16.5. The van der Waals surface area contributed by atoms with Crippen LogP contribution in [0.1, 0.15) is 17.3 Å². The third-order valence-corrected chi connectivity index (χ3v) is 2.76. The molecule has 106 valence electrons. The zero-order valence-corrected chi connectivity index (χ0v) is 11.5. The molecule has 0 saturated heterocycles. The molecule has 0 radical (unpaired) electrons. The summed E-state index contributed by atoms with van der Waals surface area (Å²) in [7, 11) is 0. The van der Waals surface area contributed by atoms with E-state index in [2.05, 4.69) is 10.3 Å². The fourth-order valence-corrected chi connectivity index (χ4v) is 1.55. The maximum Gasteiger partial charge on any atom is 0.258 e. The van der Waals surface area contributed by atoms with Crippen molar-refractivity contribution < 1.29 is 13.9 Å². The molecule has 0 aliphatic heterocycles. The minimum Gasteiger partial charge on any atom is -0.484 e. The number of nitrogens with two attached hydrogens (primary N) is 1. The zero-order valence-electron chi connectivity index (χ0n) is 11.5. The summed E-state index contributed by atoms with van der Waals surface area (Å²) in [5.74, 6) is 1.60. The van der Waals surface area contributed by atoms with Crippen molar-refractivity contribution in [3.8, 4) is 5.75 Å². The van der Waals surface area contributed by atoms with Crippen molar-refractivity contribution in [2.75, 3.05) is 12.3 Å².